The molecule has 0 aromatic carbocycles. The quantitative estimate of drug-likeness (QED) is 0.235. The van der Waals surface area contributed by atoms with Gasteiger partial charge in [0.25, 0.3) is 0 Å². The molecule has 9 heteroatoms. The predicted molar refractivity (Wildman–Crippen MR) is 210 cm³/mol. The molecule has 0 spiro atoms. The molecule has 1 saturated heterocycles. The van der Waals surface area contributed by atoms with Gasteiger partial charge in [-0.25, -0.2) is 0 Å². The summed E-state index contributed by atoms with van der Waals surface area (Å²) >= 11 is 0. The fourth-order valence-corrected chi connectivity index (χ4v) is 7.00. The van der Waals surface area contributed by atoms with Crippen molar-refractivity contribution in [1.29, 1.82) is 0 Å². The van der Waals surface area contributed by atoms with Gasteiger partial charge in [0.2, 0.25) is 11.8 Å². The zero-order valence-corrected chi connectivity index (χ0v) is 33.0. The van der Waals surface area contributed by atoms with E-state index in [0.717, 1.165) is 110 Å². The second-order valence-corrected chi connectivity index (χ2v) is 15.0. The van der Waals surface area contributed by atoms with Crippen LogP contribution in [0.2, 0.25) is 0 Å². The number of carbonyl (C=O) groups is 3. The van der Waals surface area contributed by atoms with Gasteiger partial charge >= 0.3 is 5.97 Å². The number of aliphatic hydroxyl groups is 2. The standard InChI is InChI=1S/C42H81N3O6/c46-37-26-35-44-33-23-17-11-5-2-8-14-20-29-41(49)45(36-27-38-47)34-24-18-12-6-3-9-15-21-30-42(50)51-39-25-32-43-31-22-16-10-4-1-7-13-19-28-40(44)48/h43,46-47H,1-39H2. The van der Waals surface area contributed by atoms with Crippen LogP contribution in [0.1, 0.15) is 193 Å². The highest BCUT2D eigenvalue weighted by Crippen LogP contribution is 2.15. The molecule has 1 aliphatic heterocycles. The smallest absolute Gasteiger partial charge is 0.305 e. The Morgan fingerprint density at radius 2 is 0.804 bits per heavy atom. The summed E-state index contributed by atoms with van der Waals surface area (Å²) in [6.07, 6.45) is 31.1. The highest BCUT2D eigenvalue weighted by Gasteiger charge is 2.14. The molecule has 1 heterocycles. The molecule has 0 unspecified atom stereocenters. The van der Waals surface area contributed by atoms with Gasteiger partial charge in [0.15, 0.2) is 0 Å². The Balaban J connectivity index is 2.42. The van der Waals surface area contributed by atoms with Crippen LogP contribution in [0.25, 0.3) is 0 Å². The van der Waals surface area contributed by atoms with E-state index in [2.05, 4.69) is 5.32 Å². The maximum absolute atomic E-state index is 12.9. The van der Waals surface area contributed by atoms with Gasteiger partial charge in [-0.3, -0.25) is 14.4 Å². The van der Waals surface area contributed by atoms with Gasteiger partial charge in [0.05, 0.1) is 6.61 Å². The first-order valence-corrected chi connectivity index (χ1v) is 21.7. The van der Waals surface area contributed by atoms with E-state index < -0.39 is 0 Å². The zero-order valence-electron chi connectivity index (χ0n) is 33.0. The van der Waals surface area contributed by atoms with E-state index in [-0.39, 0.29) is 31.0 Å². The summed E-state index contributed by atoms with van der Waals surface area (Å²) in [4.78, 5) is 41.8. The first kappa shape index (κ1) is 47.3. The van der Waals surface area contributed by atoms with Crippen LogP contribution >= 0.6 is 0 Å². The molecule has 0 aromatic rings. The van der Waals surface area contributed by atoms with Crippen molar-refractivity contribution >= 4 is 17.8 Å². The van der Waals surface area contributed by atoms with Crippen molar-refractivity contribution in [3.8, 4) is 0 Å². The van der Waals surface area contributed by atoms with Gasteiger partial charge in [-0.1, -0.05) is 116 Å². The highest BCUT2D eigenvalue weighted by atomic mass is 16.5. The van der Waals surface area contributed by atoms with Gasteiger partial charge in [0.1, 0.15) is 0 Å². The number of aliphatic hydroxyl groups excluding tert-OH is 2. The fraction of sp³-hybridized carbons (Fsp3) is 0.929. The Morgan fingerprint density at radius 3 is 1.24 bits per heavy atom. The lowest BCUT2D eigenvalue weighted by molar-refractivity contribution is -0.143. The number of hydrogen-bond acceptors (Lipinski definition) is 7. The van der Waals surface area contributed by atoms with Crippen LogP contribution in [-0.4, -0.2) is 96.9 Å². The van der Waals surface area contributed by atoms with Crippen molar-refractivity contribution in [3.05, 3.63) is 0 Å². The fourth-order valence-electron chi connectivity index (χ4n) is 7.00. The number of nitrogens with zero attached hydrogens (tertiary/aromatic N) is 2. The minimum absolute atomic E-state index is 0.0676. The topological polar surface area (TPSA) is 119 Å². The van der Waals surface area contributed by atoms with Crippen LogP contribution in [0.15, 0.2) is 0 Å². The molecule has 0 atom stereocenters. The van der Waals surface area contributed by atoms with Crippen LogP contribution in [0.4, 0.5) is 0 Å². The first-order chi connectivity index (χ1) is 25.1. The van der Waals surface area contributed by atoms with Gasteiger partial charge in [-0.05, 0) is 70.9 Å². The van der Waals surface area contributed by atoms with Crippen LogP contribution in [0.5, 0.6) is 0 Å². The number of ether oxygens (including phenoxy) is 1. The number of esters is 1. The Morgan fingerprint density at radius 1 is 0.451 bits per heavy atom. The van der Waals surface area contributed by atoms with Gasteiger partial charge in [-0.2, -0.15) is 0 Å². The Labute approximate surface area is 313 Å². The molecule has 0 radical (unpaired) electrons. The third-order valence-electron chi connectivity index (χ3n) is 10.3. The molecule has 9 nitrogen and oxygen atoms in total. The van der Waals surface area contributed by atoms with E-state index in [4.69, 9.17) is 4.74 Å². The summed E-state index contributed by atoms with van der Waals surface area (Å²) in [6.45, 7) is 5.56. The van der Waals surface area contributed by atoms with E-state index in [0.29, 0.717) is 51.8 Å². The summed E-state index contributed by atoms with van der Waals surface area (Å²) in [5, 5.41) is 22.1. The first-order valence-electron chi connectivity index (χ1n) is 21.7. The predicted octanol–water partition coefficient (Wildman–Crippen LogP) is 8.48. The average Bonchev–Trinajstić information content (AvgIpc) is 3.13. The van der Waals surface area contributed by atoms with E-state index in [1.54, 1.807) is 0 Å². The molecule has 1 fully saturated rings. The van der Waals surface area contributed by atoms with Crippen molar-refractivity contribution in [2.45, 2.75) is 193 Å². The second kappa shape index (κ2) is 36.6. The molecule has 1 rings (SSSR count). The van der Waals surface area contributed by atoms with Gasteiger partial charge < -0.3 is 30.1 Å². The van der Waals surface area contributed by atoms with Crippen molar-refractivity contribution in [2.75, 3.05) is 59.1 Å². The minimum atomic E-state index is -0.0676. The second-order valence-electron chi connectivity index (χ2n) is 15.0. The lowest BCUT2D eigenvalue weighted by Crippen LogP contribution is -2.33. The highest BCUT2D eigenvalue weighted by molar-refractivity contribution is 5.76. The molecule has 300 valence electrons. The van der Waals surface area contributed by atoms with Crippen molar-refractivity contribution in [3.63, 3.8) is 0 Å². The summed E-state index contributed by atoms with van der Waals surface area (Å²) in [5.74, 6) is 0.416. The lowest BCUT2D eigenvalue weighted by Gasteiger charge is -2.22. The van der Waals surface area contributed by atoms with Gasteiger partial charge in [-0.15, -0.1) is 0 Å². The zero-order chi connectivity index (χ0) is 36.9. The van der Waals surface area contributed by atoms with Crippen LogP contribution in [-0.2, 0) is 19.1 Å². The van der Waals surface area contributed by atoms with Crippen LogP contribution in [0.3, 0.4) is 0 Å². The van der Waals surface area contributed by atoms with E-state index in [9.17, 15) is 24.6 Å². The average molecular weight is 724 g/mol. The maximum atomic E-state index is 12.9. The molecule has 0 saturated carbocycles. The summed E-state index contributed by atoms with van der Waals surface area (Å²) in [6, 6.07) is 0. The number of rotatable bonds is 6. The van der Waals surface area contributed by atoms with Crippen molar-refractivity contribution in [2.24, 2.45) is 0 Å². The number of carbonyl (C=O) groups excluding carboxylic acids is 3. The normalized spacial score (nSPS) is 21.5. The molecule has 0 aliphatic carbocycles. The SMILES string of the molecule is O=C1CCCCCCCCCCN(CCCO)C(=O)CCCCCCCCCCN(CCCO)C(=O)CCCCCCCCCCNCCCO1. The van der Waals surface area contributed by atoms with Gasteiger partial charge in [0, 0.05) is 58.7 Å². The molecule has 1 aliphatic rings. The molecular weight excluding hydrogens is 642 g/mol. The van der Waals surface area contributed by atoms with Crippen molar-refractivity contribution < 1.29 is 29.3 Å². The molecule has 3 N–H and O–H groups in total. The third kappa shape index (κ3) is 30.5. The van der Waals surface area contributed by atoms with Crippen LogP contribution in [0, 0.1) is 0 Å². The van der Waals surface area contributed by atoms with Crippen molar-refractivity contribution in [1.82, 2.24) is 15.1 Å². The van der Waals surface area contributed by atoms with E-state index >= 15 is 0 Å². The Bertz CT molecular complexity index is 813. The van der Waals surface area contributed by atoms with E-state index in [1.807, 2.05) is 9.80 Å². The molecule has 0 aromatic heterocycles. The number of nitrogens with one attached hydrogen (secondary N) is 1. The maximum Gasteiger partial charge on any atom is 0.305 e. The summed E-state index contributed by atoms with van der Waals surface area (Å²) in [5.41, 5.74) is 0. The van der Waals surface area contributed by atoms with Crippen LogP contribution < -0.4 is 5.32 Å². The van der Waals surface area contributed by atoms with E-state index in [1.165, 1.54) is 77.0 Å². The Hall–Kier alpha value is -1.71. The number of hydrogen-bond donors (Lipinski definition) is 3. The molecule has 0 bridgehead atoms. The molecule has 51 heavy (non-hydrogen) atoms. The monoisotopic (exact) mass is 724 g/mol. The largest absolute Gasteiger partial charge is 0.466 e. The summed E-state index contributed by atoms with van der Waals surface area (Å²) < 4.78 is 5.41. The Kier molecular flexibility index (Phi) is 34.0. The molecular formula is C42H81N3O6. The third-order valence-corrected chi connectivity index (χ3v) is 10.3. The lowest BCUT2D eigenvalue weighted by atomic mass is 10.1. The number of amides is 2. The number of cyclic esters (lactones) is 1. The minimum Gasteiger partial charge on any atom is -0.466 e. The summed E-state index contributed by atoms with van der Waals surface area (Å²) in [7, 11) is 0. The molecule has 2 amide bonds.